The van der Waals surface area contributed by atoms with Gasteiger partial charge in [0.2, 0.25) is 0 Å². The highest BCUT2D eigenvalue weighted by atomic mass is 79.9. The zero-order valence-electron chi connectivity index (χ0n) is 10.9. The monoisotopic (exact) mass is 363 g/mol. The first-order chi connectivity index (χ1) is 10.2. The van der Waals surface area contributed by atoms with Crippen LogP contribution in [0.15, 0.2) is 53.0 Å². The fourth-order valence-electron chi connectivity index (χ4n) is 2.11. The van der Waals surface area contributed by atoms with Crippen LogP contribution >= 0.6 is 27.5 Å². The first-order valence-electron chi connectivity index (χ1n) is 6.26. The Kier molecular flexibility index (Phi) is 4.05. The number of hydrogen-bond acceptors (Lipinski definition) is 3. The Morgan fingerprint density at radius 3 is 2.57 bits per heavy atom. The lowest BCUT2D eigenvalue weighted by atomic mass is 10.2. The van der Waals surface area contributed by atoms with Crippen LogP contribution in [0.4, 0.5) is 0 Å². The predicted molar refractivity (Wildman–Crippen MR) is 85.4 cm³/mol. The minimum Gasteiger partial charge on any atom is -0.388 e. The summed E-state index contributed by atoms with van der Waals surface area (Å²) in [5, 5.41) is 18.3. The molecule has 21 heavy (non-hydrogen) atoms. The summed E-state index contributed by atoms with van der Waals surface area (Å²) in [5.41, 5.74) is 1.62. The van der Waals surface area contributed by atoms with Gasteiger partial charge in [0.15, 0.2) is 11.6 Å². The number of para-hydroxylation sites is 1. The van der Waals surface area contributed by atoms with Crippen LogP contribution in [0.25, 0.3) is 17.1 Å². The van der Waals surface area contributed by atoms with Crippen LogP contribution in [0.5, 0.6) is 0 Å². The van der Waals surface area contributed by atoms with E-state index in [0.29, 0.717) is 16.7 Å². The average Bonchev–Trinajstić information content (AvgIpc) is 2.94. The maximum Gasteiger partial charge on any atom is 0.170 e. The third-order valence-electron chi connectivity index (χ3n) is 3.06. The highest BCUT2D eigenvalue weighted by molar-refractivity contribution is 9.10. The third kappa shape index (κ3) is 2.72. The van der Waals surface area contributed by atoms with E-state index in [0.717, 1.165) is 15.7 Å². The molecule has 0 radical (unpaired) electrons. The number of rotatable bonds is 3. The van der Waals surface area contributed by atoms with E-state index in [-0.39, 0.29) is 6.61 Å². The van der Waals surface area contributed by atoms with Crippen molar-refractivity contribution in [1.29, 1.82) is 0 Å². The second kappa shape index (κ2) is 5.97. The van der Waals surface area contributed by atoms with Gasteiger partial charge in [0.05, 0.1) is 5.02 Å². The van der Waals surface area contributed by atoms with Crippen molar-refractivity contribution in [2.75, 3.05) is 0 Å². The number of benzene rings is 2. The third-order valence-corrected chi connectivity index (χ3v) is 3.88. The summed E-state index contributed by atoms with van der Waals surface area (Å²) >= 11 is 9.71. The molecule has 0 saturated heterocycles. The lowest BCUT2D eigenvalue weighted by Crippen LogP contribution is -2.03. The first-order valence-corrected chi connectivity index (χ1v) is 7.44. The molecule has 0 spiro atoms. The predicted octanol–water partition coefficient (Wildman–Crippen LogP) is 3.84. The summed E-state index contributed by atoms with van der Waals surface area (Å²) < 4.78 is 2.70. The summed E-state index contributed by atoms with van der Waals surface area (Å²) in [4.78, 5) is 0. The van der Waals surface area contributed by atoms with Gasteiger partial charge < -0.3 is 5.11 Å². The van der Waals surface area contributed by atoms with E-state index in [9.17, 15) is 5.11 Å². The minimum absolute atomic E-state index is 0.201. The van der Waals surface area contributed by atoms with Crippen molar-refractivity contribution in [2.45, 2.75) is 6.61 Å². The molecule has 4 nitrogen and oxygen atoms in total. The Bertz CT molecular complexity index is 774. The number of aliphatic hydroxyl groups is 1. The Morgan fingerprint density at radius 2 is 1.86 bits per heavy atom. The van der Waals surface area contributed by atoms with E-state index in [1.54, 1.807) is 10.6 Å². The standard InChI is InChI=1S/C15H11BrClN3O/c16-10-6-7-13(17)12(8-10)15-19-18-14(9-21)20(15)11-4-2-1-3-5-11/h1-8,21H,9H2. The van der Waals surface area contributed by atoms with Crippen molar-refractivity contribution in [2.24, 2.45) is 0 Å². The fourth-order valence-corrected chi connectivity index (χ4v) is 2.67. The lowest BCUT2D eigenvalue weighted by Gasteiger charge is -2.10. The van der Waals surface area contributed by atoms with Crippen molar-refractivity contribution >= 4 is 27.5 Å². The van der Waals surface area contributed by atoms with Crippen LogP contribution in [0.1, 0.15) is 5.82 Å². The second-order valence-corrected chi connectivity index (χ2v) is 5.72. The van der Waals surface area contributed by atoms with Crippen LogP contribution in [0, 0.1) is 0 Å². The largest absolute Gasteiger partial charge is 0.388 e. The van der Waals surface area contributed by atoms with Crippen molar-refractivity contribution in [3.63, 3.8) is 0 Å². The normalized spacial score (nSPS) is 10.8. The Morgan fingerprint density at radius 1 is 1.10 bits per heavy atom. The van der Waals surface area contributed by atoms with Gasteiger partial charge in [-0.05, 0) is 30.3 Å². The van der Waals surface area contributed by atoms with Gasteiger partial charge in [-0.15, -0.1) is 10.2 Å². The zero-order valence-corrected chi connectivity index (χ0v) is 13.2. The summed E-state index contributed by atoms with van der Waals surface area (Å²) in [6.45, 7) is -0.201. The highest BCUT2D eigenvalue weighted by Gasteiger charge is 2.17. The van der Waals surface area contributed by atoms with Gasteiger partial charge in [0.25, 0.3) is 0 Å². The van der Waals surface area contributed by atoms with Gasteiger partial charge >= 0.3 is 0 Å². The van der Waals surface area contributed by atoms with Crippen LogP contribution in [-0.2, 0) is 6.61 Å². The number of hydrogen-bond donors (Lipinski definition) is 1. The smallest absolute Gasteiger partial charge is 0.170 e. The molecule has 0 aliphatic heterocycles. The molecular weight excluding hydrogens is 354 g/mol. The van der Waals surface area contributed by atoms with Crippen LogP contribution in [0.2, 0.25) is 5.02 Å². The van der Waals surface area contributed by atoms with Crippen molar-refractivity contribution in [1.82, 2.24) is 14.8 Å². The molecule has 3 rings (SSSR count). The lowest BCUT2D eigenvalue weighted by molar-refractivity contribution is 0.269. The Balaban J connectivity index is 2.25. The minimum atomic E-state index is -0.201. The molecule has 0 atom stereocenters. The molecule has 2 aromatic carbocycles. The molecule has 0 amide bonds. The van der Waals surface area contributed by atoms with E-state index >= 15 is 0 Å². The van der Waals surface area contributed by atoms with E-state index < -0.39 is 0 Å². The van der Waals surface area contributed by atoms with E-state index in [2.05, 4.69) is 26.1 Å². The summed E-state index contributed by atoms with van der Waals surface area (Å²) in [7, 11) is 0. The van der Waals surface area contributed by atoms with Crippen LogP contribution in [0.3, 0.4) is 0 Å². The van der Waals surface area contributed by atoms with Crippen LogP contribution in [-0.4, -0.2) is 19.9 Å². The van der Waals surface area contributed by atoms with Gasteiger partial charge in [-0.1, -0.05) is 45.7 Å². The molecule has 0 bridgehead atoms. The maximum absolute atomic E-state index is 9.50. The Hall–Kier alpha value is -1.69. The molecule has 0 saturated carbocycles. The Labute approximate surface area is 135 Å². The molecule has 1 heterocycles. The molecule has 0 aliphatic carbocycles. The van der Waals surface area contributed by atoms with Crippen molar-refractivity contribution in [3.8, 4) is 17.1 Å². The quantitative estimate of drug-likeness (QED) is 0.768. The van der Waals surface area contributed by atoms with E-state index in [1.807, 2.05) is 42.5 Å². The summed E-state index contributed by atoms with van der Waals surface area (Å²) in [5.74, 6) is 1.06. The van der Waals surface area contributed by atoms with Crippen molar-refractivity contribution in [3.05, 3.63) is 63.9 Å². The average molecular weight is 365 g/mol. The van der Waals surface area contributed by atoms with E-state index in [4.69, 9.17) is 11.6 Å². The number of aliphatic hydroxyl groups excluding tert-OH is 1. The first kappa shape index (κ1) is 14.3. The van der Waals surface area contributed by atoms with Gasteiger partial charge in [0.1, 0.15) is 6.61 Å². The molecular formula is C15H11BrClN3O. The van der Waals surface area contributed by atoms with Crippen LogP contribution < -0.4 is 0 Å². The molecule has 0 unspecified atom stereocenters. The number of aromatic nitrogens is 3. The van der Waals surface area contributed by atoms with Gasteiger partial charge in [-0.2, -0.15) is 0 Å². The number of halogens is 2. The second-order valence-electron chi connectivity index (χ2n) is 4.39. The van der Waals surface area contributed by atoms with Gasteiger partial charge in [-0.3, -0.25) is 4.57 Å². The molecule has 1 aromatic heterocycles. The number of nitrogens with zero attached hydrogens (tertiary/aromatic N) is 3. The van der Waals surface area contributed by atoms with Crippen molar-refractivity contribution < 1.29 is 5.11 Å². The van der Waals surface area contributed by atoms with Gasteiger partial charge in [0, 0.05) is 15.7 Å². The molecule has 106 valence electrons. The zero-order chi connectivity index (χ0) is 14.8. The molecule has 6 heteroatoms. The topological polar surface area (TPSA) is 50.9 Å². The van der Waals surface area contributed by atoms with E-state index in [1.165, 1.54) is 0 Å². The summed E-state index contributed by atoms with van der Waals surface area (Å²) in [6, 6.07) is 15.2. The summed E-state index contributed by atoms with van der Waals surface area (Å²) in [6.07, 6.45) is 0. The molecule has 1 N–H and O–H groups in total. The molecule has 0 aliphatic rings. The fraction of sp³-hybridized carbons (Fsp3) is 0.0667. The molecule has 3 aromatic rings. The molecule has 0 fully saturated rings. The SMILES string of the molecule is OCc1nnc(-c2cc(Br)ccc2Cl)n1-c1ccccc1. The highest BCUT2D eigenvalue weighted by Crippen LogP contribution is 2.31. The van der Waals surface area contributed by atoms with Gasteiger partial charge in [-0.25, -0.2) is 0 Å². The maximum atomic E-state index is 9.50.